The van der Waals surface area contributed by atoms with E-state index < -0.39 is 11.7 Å². The molecule has 1 aromatic heterocycles. The van der Waals surface area contributed by atoms with Gasteiger partial charge in [-0.25, -0.2) is 9.97 Å². The molecule has 1 aromatic rings. The van der Waals surface area contributed by atoms with E-state index in [1.807, 2.05) is 6.92 Å². The molecule has 1 unspecified atom stereocenters. The summed E-state index contributed by atoms with van der Waals surface area (Å²) in [7, 11) is 0. The van der Waals surface area contributed by atoms with Gasteiger partial charge in [-0.3, -0.25) is 4.79 Å². The Morgan fingerprint density at radius 2 is 1.73 bits per heavy atom. The maximum atomic E-state index is 12.5. The van der Waals surface area contributed by atoms with Gasteiger partial charge in [0, 0.05) is 51.4 Å². The molecular formula is C17H23F3N4O2. The second kappa shape index (κ2) is 8.46. The van der Waals surface area contributed by atoms with Gasteiger partial charge in [0.25, 0.3) is 0 Å². The first-order valence-corrected chi connectivity index (χ1v) is 8.58. The molecule has 0 bridgehead atoms. The van der Waals surface area contributed by atoms with Crippen LogP contribution >= 0.6 is 0 Å². The van der Waals surface area contributed by atoms with E-state index in [1.165, 1.54) is 0 Å². The number of Topliss-reactive ketones (excluding diaryl/α,β-unsaturated/α-hetero) is 1. The number of aromatic nitrogens is 2. The summed E-state index contributed by atoms with van der Waals surface area (Å²) in [6.45, 7) is 5.39. The molecule has 0 N–H and O–H groups in total. The SMILES string of the molecule is CC(=O)CC(C)CCC(=O)N1CCN(c2ncc(C(F)(F)F)cn2)CC1. The number of amides is 1. The van der Waals surface area contributed by atoms with Crippen molar-refractivity contribution in [1.82, 2.24) is 14.9 Å². The van der Waals surface area contributed by atoms with Gasteiger partial charge in [0.2, 0.25) is 11.9 Å². The van der Waals surface area contributed by atoms with Crippen LogP contribution in [0.15, 0.2) is 12.4 Å². The number of carbonyl (C=O) groups excluding carboxylic acids is 2. The molecule has 0 saturated carbocycles. The lowest BCUT2D eigenvalue weighted by Crippen LogP contribution is -2.49. The predicted octanol–water partition coefficient (Wildman–Crippen LogP) is 2.54. The van der Waals surface area contributed by atoms with Crippen molar-refractivity contribution in [2.24, 2.45) is 5.92 Å². The highest BCUT2D eigenvalue weighted by molar-refractivity contribution is 5.77. The van der Waals surface area contributed by atoms with Gasteiger partial charge in [0.15, 0.2) is 0 Å². The van der Waals surface area contributed by atoms with E-state index in [-0.39, 0.29) is 23.6 Å². The Hall–Kier alpha value is -2.19. The van der Waals surface area contributed by atoms with Crippen molar-refractivity contribution in [1.29, 1.82) is 0 Å². The zero-order valence-corrected chi connectivity index (χ0v) is 14.9. The molecule has 1 atom stereocenters. The average Bonchev–Trinajstić information content (AvgIpc) is 2.58. The quantitative estimate of drug-likeness (QED) is 0.768. The van der Waals surface area contributed by atoms with Crippen molar-refractivity contribution >= 4 is 17.6 Å². The van der Waals surface area contributed by atoms with E-state index in [9.17, 15) is 22.8 Å². The number of hydrogen-bond acceptors (Lipinski definition) is 5. The second-order valence-electron chi connectivity index (χ2n) is 6.69. The number of alkyl halides is 3. The Morgan fingerprint density at radius 3 is 2.23 bits per heavy atom. The summed E-state index contributed by atoms with van der Waals surface area (Å²) < 4.78 is 37.6. The monoisotopic (exact) mass is 372 g/mol. The number of piperazine rings is 1. The number of nitrogens with zero attached hydrogens (tertiary/aromatic N) is 4. The number of rotatable bonds is 6. The van der Waals surface area contributed by atoms with E-state index in [2.05, 4.69) is 9.97 Å². The van der Waals surface area contributed by atoms with Gasteiger partial charge in [-0.2, -0.15) is 13.2 Å². The molecular weight excluding hydrogens is 349 g/mol. The van der Waals surface area contributed by atoms with E-state index in [0.29, 0.717) is 45.4 Å². The van der Waals surface area contributed by atoms with Crippen LogP contribution in [0.5, 0.6) is 0 Å². The van der Waals surface area contributed by atoms with Crippen LogP contribution in [0.25, 0.3) is 0 Å². The predicted molar refractivity (Wildman–Crippen MR) is 89.5 cm³/mol. The van der Waals surface area contributed by atoms with Crippen LogP contribution in [-0.4, -0.2) is 52.7 Å². The van der Waals surface area contributed by atoms with Crippen molar-refractivity contribution in [2.75, 3.05) is 31.1 Å². The van der Waals surface area contributed by atoms with Gasteiger partial charge in [0.05, 0.1) is 5.56 Å². The van der Waals surface area contributed by atoms with E-state index in [4.69, 9.17) is 0 Å². The smallest absolute Gasteiger partial charge is 0.339 e. The lowest BCUT2D eigenvalue weighted by atomic mass is 9.99. The fourth-order valence-electron chi connectivity index (χ4n) is 2.91. The topological polar surface area (TPSA) is 66.4 Å². The third kappa shape index (κ3) is 5.67. The molecule has 6 nitrogen and oxygen atoms in total. The third-order valence-corrected chi connectivity index (χ3v) is 4.37. The van der Waals surface area contributed by atoms with Gasteiger partial charge >= 0.3 is 6.18 Å². The maximum Gasteiger partial charge on any atom is 0.419 e. The summed E-state index contributed by atoms with van der Waals surface area (Å²) >= 11 is 0. The Labute approximate surface area is 150 Å². The summed E-state index contributed by atoms with van der Waals surface area (Å²) in [4.78, 5) is 34.4. The van der Waals surface area contributed by atoms with E-state index in [1.54, 1.807) is 16.7 Å². The van der Waals surface area contributed by atoms with Gasteiger partial charge in [-0.15, -0.1) is 0 Å². The fourth-order valence-corrected chi connectivity index (χ4v) is 2.91. The minimum atomic E-state index is -4.46. The van der Waals surface area contributed by atoms with Crippen LogP contribution in [0.3, 0.4) is 0 Å². The molecule has 2 rings (SSSR count). The van der Waals surface area contributed by atoms with Crippen LogP contribution < -0.4 is 4.90 Å². The zero-order valence-electron chi connectivity index (χ0n) is 14.9. The normalized spacial score (nSPS) is 16.5. The van der Waals surface area contributed by atoms with Crippen LogP contribution in [0.4, 0.5) is 19.1 Å². The summed E-state index contributed by atoms with van der Waals surface area (Å²) in [5, 5.41) is 0. The molecule has 26 heavy (non-hydrogen) atoms. The van der Waals surface area contributed by atoms with Crippen LogP contribution in [0.2, 0.25) is 0 Å². The molecule has 1 aliphatic rings. The van der Waals surface area contributed by atoms with Crippen molar-refractivity contribution < 1.29 is 22.8 Å². The highest BCUT2D eigenvalue weighted by Crippen LogP contribution is 2.28. The summed E-state index contributed by atoms with van der Waals surface area (Å²) in [6.07, 6.45) is -1.37. The molecule has 1 saturated heterocycles. The first kappa shape index (κ1) is 20.1. The Bertz CT molecular complexity index is 626. The number of carbonyl (C=O) groups is 2. The largest absolute Gasteiger partial charge is 0.419 e. The van der Waals surface area contributed by atoms with Gasteiger partial charge in [0.1, 0.15) is 5.78 Å². The van der Waals surface area contributed by atoms with Crippen LogP contribution in [0.1, 0.15) is 38.7 Å². The van der Waals surface area contributed by atoms with E-state index >= 15 is 0 Å². The highest BCUT2D eigenvalue weighted by Gasteiger charge is 2.32. The number of hydrogen-bond donors (Lipinski definition) is 0. The standard InChI is InChI=1S/C17H23F3N4O2/c1-12(9-13(2)25)3-4-15(26)23-5-7-24(8-6-23)16-21-10-14(11-22-16)17(18,19)20/h10-12H,3-9H2,1-2H3. The first-order chi connectivity index (χ1) is 12.2. The molecule has 0 aromatic carbocycles. The summed E-state index contributed by atoms with van der Waals surface area (Å²) in [5.41, 5.74) is -0.880. The minimum Gasteiger partial charge on any atom is -0.339 e. The lowest BCUT2D eigenvalue weighted by molar-refractivity contribution is -0.138. The molecule has 1 amide bonds. The van der Waals surface area contributed by atoms with Crippen LogP contribution in [0, 0.1) is 5.92 Å². The van der Waals surface area contributed by atoms with E-state index in [0.717, 1.165) is 12.4 Å². The Morgan fingerprint density at radius 1 is 1.15 bits per heavy atom. The Balaban J connectivity index is 1.81. The van der Waals surface area contributed by atoms with Gasteiger partial charge in [-0.05, 0) is 19.3 Å². The summed E-state index contributed by atoms with van der Waals surface area (Å²) in [6, 6.07) is 0. The molecule has 0 aliphatic carbocycles. The van der Waals surface area contributed by atoms with Gasteiger partial charge in [-0.1, -0.05) is 6.92 Å². The maximum absolute atomic E-state index is 12.5. The zero-order chi connectivity index (χ0) is 19.3. The summed E-state index contributed by atoms with van der Waals surface area (Å²) in [5.74, 6) is 0.571. The number of halogens is 3. The Kier molecular flexibility index (Phi) is 6.55. The molecule has 0 spiro atoms. The van der Waals surface area contributed by atoms with Crippen molar-refractivity contribution in [2.45, 2.75) is 39.3 Å². The minimum absolute atomic E-state index is 0.0355. The molecule has 2 heterocycles. The van der Waals surface area contributed by atoms with Crippen molar-refractivity contribution in [3.05, 3.63) is 18.0 Å². The second-order valence-corrected chi connectivity index (χ2v) is 6.69. The van der Waals surface area contributed by atoms with Crippen molar-refractivity contribution in [3.63, 3.8) is 0 Å². The first-order valence-electron chi connectivity index (χ1n) is 8.58. The average molecular weight is 372 g/mol. The van der Waals surface area contributed by atoms with Crippen LogP contribution in [-0.2, 0) is 15.8 Å². The highest BCUT2D eigenvalue weighted by atomic mass is 19.4. The molecule has 0 radical (unpaired) electrons. The number of anilines is 1. The van der Waals surface area contributed by atoms with Gasteiger partial charge < -0.3 is 14.6 Å². The molecule has 9 heteroatoms. The lowest BCUT2D eigenvalue weighted by Gasteiger charge is -2.35. The fraction of sp³-hybridized carbons (Fsp3) is 0.647. The molecule has 1 aliphatic heterocycles. The van der Waals surface area contributed by atoms with Crippen molar-refractivity contribution in [3.8, 4) is 0 Å². The molecule has 144 valence electrons. The number of ketones is 1. The molecule has 1 fully saturated rings. The third-order valence-electron chi connectivity index (χ3n) is 4.37.